The van der Waals surface area contributed by atoms with E-state index >= 15 is 0 Å². The van der Waals surface area contributed by atoms with E-state index in [4.69, 9.17) is 9.52 Å². The molecule has 0 aliphatic rings. The summed E-state index contributed by atoms with van der Waals surface area (Å²) >= 11 is 0. The number of hydrogen-bond acceptors (Lipinski definition) is 4. The van der Waals surface area contributed by atoms with Crippen molar-refractivity contribution < 1.29 is 19.1 Å². The van der Waals surface area contributed by atoms with Gasteiger partial charge in [-0.3, -0.25) is 0 Å². The normalized spacial score (nSPS) is 10.1. The second-order valence-corrected chi connectivity index (χ2v) is 3.38. The summed E-state index contributed by atoms with van der Waals surface area (Å²) in [6.45, 7) is 2.08. The highest BCUT2D eigenvalue weighted by Crippen LogP contribution is 2.09. The van der Waals surface area contributed by atoms with Gasteiger partial charge in [0.15, 0.2) is 0 Å². The van der Waals surface area contributed by atoms with Gasteiger partial charge in [0, 0.05) is 6.42 Å². The minimum atomic E-state index is -1.52. The van der Waals surface area contributed by atoms with E-state index in [1.807, 2.05) is 0 Å². The van der Waals surface area contributed by atoms with Crippen LogP contribution in [0, 0.1) is 0 Å². The van der Waals surface area contributed by atoms with Crippen molar-refractivity contribution in [3.05, 3.63) is 28.3 Å². The summed E-state index contributed by atoms with van der Waals surface area (Å²) in [5, 5.41) is 8.33. The monoisotopic (exact) mass is 226 g/mol. The Bertz CT molecular complexity index is 407. The Kier molecular flexibility index (Phi) is 4.57. The van der Waals surface area contributed by atoms with Crippen LogP contribution in [0.4, 0.5) is 4.79 Å². The smallest absolute Gasteiger partial charge is 0.449 e. The molecule has 0 saturated heterocycles. The van der Waals surface area contributed by atoms with Gasteiger partial charge in [-0.25, -0.2) is 9.59 Å². The first-order valence-electron chi connectivity index (χ1n) is 5.17. The highest BCUT2D eigenvalue weighted by molar-refractivity contribution is 5.60. The lowest BCUT2D eigenvalue weighted by Gasteiger charge is -2.01. The first-order valence-corrected chi connectivity index (χ1v) is 5.17. The third-order valence-corrected chi connectivity index (χ3v) is 2.07. The van der Waals surface area contributed by atoms with E-state index in [1.165, 1.54) is 6.07 Å². The molecule has 0 unspecified atom stereocenters. The number of rotatable bonds is 5. The van der Waals surface area contributed by atoms with Crippen LogP contribution in [0.3, 0.4) is 0 Å². The van der Waals surface area contributed by atoms with Gasteiger partial charge >= 0.3 is 11.8 Å². The molecule has 0 aliphatic carbocycles. The summed E-state index contributed by atoms with van der Waals surface area (Å²) in [4.78, 5) is 21.5. The van der Waals surface area contributed by atoms with Gasteiger partial charge in [-0.15, -0.1) is 0 Å². The number of unbranched alkanes of at least 4 members (excludes halogenated alkanes) is 2. The Balaban J connectivity index is 2.67. The van der Waals surface area contributed by atoms with Crippen molar-refractivity contribution in [3.63, 3.8) is 0 Å². The van der Waals surface area contributed by atoms with Crippen LogP contribution in [-0.4, -0.2) is 11.3 Å². The van der Waals surface area contributed by atoms with Gasteiger partial charge in [-0.2, -0.15) is 0 Å². The number of carbonyl (C=O) groups is 1. The van der Waals surface area contributed by atoms with Gasteiger partial charge in [0.25, 0.3) is 0 Å². The summed E-state index contributed by atoms with van der Waals surface area (Å²) in [5.74, 6) is 0.253. The van der Waals surface area contributed by atoms with Crippen molar-refractivity contribution in [1.82, 2.24) is 0 Å². The van der Waals surface area contributed by atoms with Crippen LogP contribution in [0.25, 0.3) is 0 Å². The van der Waals surface area contributed by atoms with Crippen LogP contribution in [-0.2, 0) is 6.42 Å². The molecule has 5 nitrogen and oxygen atoms in total. The van der Waals surface area contributed by atoms with Crippen molar-refractivity contribution in [2.75, 3.05) is 0 Å². The van der Waals surface area contributed by atoms with Crippen LogP contribution >= 0.6 is 0 Å². The zero-order valence-electron chi connectivity index (χ0n) is 9.06. The molecule has 0 atom stereocenters. The number of hydrogen-bond donors (Lipinski definition) is 1. The Morgan fingerprint density at radius 3 is 2.75 bits per heavy atom. The molecule has 0 fully saturated rings. The lowest BCUT2D eigenvalue weighted by molar-refractivity contribution is 0.142. The lowest BCUT2D eigenvalue weighted by Crippen LogP contribution is -2.12. The van der Waals surface area contributed by atoms with Crippen molar-refractivity contribution >= 4 is 6.16 Å². The first kappa shape index (κ1) is 12.3. The lowest BCUT2D eigenvalue weighted by atomic mass is 10.1. The van der Waals surface area contributed by atoms with Crippen molar-refractivity contribution in [1.29, 1.82) is 0 Å². The molecule has 0 aliphatic heterocycles. The molecule has 0 spiro atoms. The van der Waals surface area contributed by atoms with E-state index in [2.05, 4.69) is 11.7 Å². The molecule has 1 aromatic rings. The van der Waals surface area contributed by atoms with E-state index in [9.17, 15) is 9.59 Å². The summed E-state index contributed by atoms with van der Waals surface area (Å²) in [6, 6.07) is 2.89. The summed E-state index contributed by atoms with van der Waals surface area (Å²) < 4.78 is 9.15. The molecule has 1 aromatic heterocycles. The molecule has 16 heavy (non-hydrogen) atoms. The van der Waals surface area contributed by atoms with E-state index in [1.54, 1.807) is 6.07 Å². The maximum Gasteiger partial charge on any atom is 0.511 e. The molecule has 1 N–H and O–H groups in total. The molecule has 1 heterocycles. The van der Waals surface area contributed by atoms with Crippen molar-refractivity contribution in [2.24, 2.45) is 0 Å². The van der Waals surface area contributed by atoms with Gasteiger partial charge in [-0.05, 0) is 18.6 Å². The SMILES string of the molecule is CCCCCc1ccc(OC(=O)O)c(=O)o1. The molecular weight excluding hydrogens is 212 g/mol. The molecular formula is C11H14O5. The first-order chi connectivity index (χ1) is 7.63. The molecule has 0 aromatic carbocycles. The maximum atomic E-state index is 11.3. The predicted octanol–water partition coefficient (Wildman–Crippen LogP) is 2.43. The van der Waals surface area contributed by atoms with E-state index in [0.717, 1.165) is 19.3 Å². The fourth-order valence-electron chi connectivity index (χ4n) is 1.29. The number of ether oxygens (including phenoxy) is 1. The Morgan fingerprint density at radius 1 is 1.44 bits per heavy atom. The summed E-state index contributed by atoms with van der Waals surface area (Å²) in [7, 11) is 0. The zero-order valence-corrected chi connectivity index (χ0v) is 9.06. The van der Waals surface area contributed by atoms with Crippen LogP contribution in [0.5, 0.6) is 5.75 Å². The second kappa shape index (κ2) is 5.95. The van der Waals surface area contributed by atoms with Gasteiger partial charge < -0.3 is 14.3 Å². The van der Waals surface area contributed by atoms with Crippen molar-refractivity contribution in [3.8, 4) is 5.75 Å². The molecule has 1 rings (SSSR count). The largest absolute Gasteiger partial charge is 0.511 e. The summed E-state index contributed by atoms with van der Waals surface area (Å²) in [6.07, 6.45) is 2.25. The minimum absolute atomic E-state index is 0.299. The highest BCUT2D eigenvalue weighted by Gasteiger charge is 2.08. The fourth-order valence-corrected chi connectivity index (χ4v) is 1.29. The average molecular weight is 226 g/mol. The molecule has 0 radical (unpaired) electrons. The topological polar surface area (TPSA) is 76.7 Å². The van der Waals surface area contributed by atoms with E-state index < -0.39 is 11.8 Å². The van der Waals surface area contributed by atoms with Gasteiger partial charge in [0.05, 0.1) is 0 Å². The van der Waals surface area contributed by atoms with Gasteiger partial charge in [0.2, 0.25) is 5.75 Å². The molecule has 88 valence electrons. The predicted molar refractivity (Wildman–Crippen MR) is 56.9 cm³/mol. The highest BCUT2D eigenvalue weighted by atomic mass is 16.7. The minimum Gasteiger partial charge on any atom is -0.449 e. The number of aryl methyl sites for hydroxylation is 1. The molecule has 0 saturated carbocycles. The Labute approximate surface area is 92.7 Å². The van der Waals surface area contributed by atoms with Crippen molar-refractivity contribution in [2.45, 2.75) is 32.6 Å². The van der Waals surface area contributed by atoms with Crippen LogP contribution in [0.15, 0.2) is 21.3 Å². The Hall–Kier alpha value is -1.78. The van der Waals surface area contributed by atoms with Crippen LogP contribution in [0.1, 0.15) is 31.9 Å². The van der Waals surface area contributed by atoms with E-state index in [-0.39, 0.29) is 5.75 Å². The third kappa shape index (κ3) is 3.76. The van der Waals surface area contributed by atoms with Crippen LogP contribution in [0.2, 0.25) is 0 Å². The van der Waals surface area contributed by atoms with E-state index in [0.29, 0.717) is 12.2 Å². The van der Waals surface area contributed by atoms with Gasteiger partial charge in [-0.1, -0.05) is 19.8 Å². The zero-order chi connectivity index (χ0) is 12.0. The van der Waals surface area contributed by atoms with Crippen LogP contribution < -0.4 is 10.4 Å². The fraction of sp³-hybridized carbons (Fsp3) is 0.455. The number of carboxylic acid groups (broad SMARTS) is 1. The Morgan fingerprint density at radius 2 is 2.19 bits per heavy atom. The third-order valence-electron chi connectivity index (χ3n) is 2.07. The second-order valence-electron chi connectivity index (χ2n) is 3.38. The quantitative estimate of drug-likeness (QED) is 0.616. The maximum absolute atomic E-state index is 11.3. The average Bonchev–Trinajstić information content (AvgIpc) is 2.22. The molecule has 0 amide bonds. The molecule has 5 heteroatoms. The standard InChI is InChI=1S/C11H14O5/c1-2-3-4-5-8-6-7-9(10(12)15-8)16-11(13)14/h6-7H,2-5H2,1H3,(H,13,14). The summed E-state index contributed by atoms with van der Waals surface area (Å²) in [5.41, 5.74) is -0.753. The van der Waals surface area contributed by atoms with Gasteiger partial charge in [0.1, 0.15) is 5.76 Å². The molecule has 0 bridgehead atoms.